The van der Waals surface area contributed by atoms with Crippen LogP contribution in [0.3, 0.4) is 0 Å². The van der Waals surface area contributed by atoms with E-state index in [0.717, 1.165) is 11.1 Å². The molecule has 0 amide bonds. The molecule has 3 aromatic rings. The third-order valence-corrected chi connectivity index (χ3v) is 3.32. The second kappa shape index (κ2) is 4.85. The summed E-state index contributed by atoms with van der Waals surface area (Å²) in [6.45, 7) is 0.473. The number of halogens is 2. The third kappa shape index (κ3) is 2.32. The van der Waals surface area contributed by atoms with E-state index in [9.17, 15) is 0 Å². The highest BCUT2D eigenvalue weighted by molar-refractivity contribution is 6.38. The van der Waals surface area contributed by atoms with Crippen LogP contribution in [0.25, 0.3) is 22.6 Å². The van der Waals surface area contributed by atoms with Crippen molar-refractivity contribution in [2.45, 2.75) is 6.54 Å². The van der Waals surface area contributed by atoms with Crippen LogP contribution in [0, 0.1) is 0 Å². The van der Waals surface area contributed by atoms with Gasteiger partial charge >= 0.3 is 0 Å². The number of nitrogens with two attached hydrogens (primary N) is 1. The number of hydrogen-bond donors (Lipinski definition) is 1. The molecule has 0 atom stereocenters. The molecule has 0 aliphatic rings. The second-order valence-electron chi connectivity index (χ2n) is 4.16. The van der Waals surface area contributed by atoms with Gasteiger partial charge in [0.2, 0.25) is 5.89 Å². The Bertz CT molecular complexity index is 752. The van der Waals surface area contributed by atoms with E-state index in [0.29, 0.717) is 33.6 Å². The average Bonchev–Trinajstić information content (AvgIpc) is 2.83. The van der Waals surface area contributed by atoms with E-state index in [1.54, 1.807) is 12.1 Å². The largest absolute Gasteiger partial charge is 0.435 e. The van der Waals surface area contributed by atoms with Gasteiger partial charge in [-0.25, -0.2) is 4.98 Å². The molecular formula is C14H10Cl2N2O. The van der Waals surface area contributed by atoms with Crippen LogP contribution in [0.2, 0.25) is 10.0 Å². The van der Waals surface area contributed by atoms with E-state index >= 15 is 0 Å². The Morgan fingerprint density at radius 3 is 2.79 bits per heavy atom. The summed E-state index contributed by atoms with van der Waals surface area (Å²) in [6.07, 6.45) is 0. The van der Waals surface area contributed by atoms with Gasteiger partial charge in [0.05, 0.1) is 5.02 Å². The standard InChI is InChI=1S/C14H10Cl2N2O/c15-10-5-11(16)13-12(6-10)18-14(19-13)9-3-1-2-8(4-9)7-17/h1-6H,7,17H2. The van der Waals surface area contributed by atoms with Gasteiger partial charge in [-0.1, -0.05) is 35.3 Å². The number of aromatic nitrogens is 1. The van der Waals surface area contributed by atoms with E-state index in [1.165, 1.54) is 0 Å². The summed E-state index contributed by atoms with van der Waals surface area (Å²) >= 11 is 12.0. The summed E-state index contributed by atoms with van der Waals surface area (Å²) < 4.78 is 5.70. The molecule has 2 aromatic carbocycles. The first-order chi connectivity index (χ1) is 9.17. The van der Waals surface area contributed by atoms with Gasteiger partial charge in [-0.3, -0.25) is 0 Å². The van der Waals surface area contributed by atoms with Gasteiger partial charge in [-0.2, -0.15) is 0 Å². The number of fused-ring (bicyclic) bond motifs is 1. The van der Waals surface area contributed by atoms with E-state index < -0.39 is 0 Å². The van der Waals surface area contributed by atoms with Crippen molar-refractivity contribution in [1.29, 1.82) is 0 Å². The summed E-state index contributed by atoms with van der Waals surface area (Å²) in [7, 11) is 0. The highest BCUT2D eigenvalue weighted by Crippen LogP contribution is 2.31. The van der Waals surface area contributed by atoms with Crippen LogP contribution >= 0.6 is 23.2 Å². The molecule has 3 nitrogen and oxygen atoms in total. The predicted molar refractivity (Wildman–Crippen MR) is 77.4 cm³/mol. The molecule has 0 saturated heterocycles. The van der Waals surface area contributed by atoms with Crippen molar-refractivity contribution in [2.24, 2.45) is 5.73 Å². The molecule has 0 aliphatic carbocycles. The first kappa shape index (κ1) is 12.5. The lowest BCUT2D eigenvalue weighted by molar-refractivity contribution is 0.620. The number of rotatable bonds is 2. The maximum atomic E-state index is 6.08. The fraction of sp³-hybridized carbons (Fsp3) is 0.0714. The zero-order chi connectivity index (χ0) is 13.4. The zero-order valence-electron chi connectivity index (χ0n) is 9.86. The third-order valence-electron chi connectivity index (χ3n) is 2.82. The molecule has 19 heavy (non-hydrogen) atoms. The number of oxazole rings is 1. The average molecular weight is 293 g/mol. The van der Waals surface area contributed by atoms with Gasteiger partial charge in [-0.15, -0.1) is 0 Å². The van der Waals surface area contributed by atoms with Crippen LogP contribution in [0.5, 0.6) is 0 Å². The molecule has 0 spiro atoms. The van der Waals surface area contributed by atoms with Crippen LogP contribution in [0.15, 0.2) is 40.8 Å². The summed E-state index contributed by atoms with van der Waals surface area (Å²) in [6, 6.07) is 11.1. The molecule has 0 saturated carbocycles. The number of benzene rings is 2. The minimum Gasteiger partial charge on any atom is -0.435 e. The van der Waals surface area contributed by atoms with E-state index in [1.807, 2.05) is 24.3 Å². The topological polar surface area (TPSA) is 52.0 Å². The molecule has 3 rings (SSSR count). The van der Waals surface area contributed by atoms with Crippen LogP contribution in [-0.2, 0) is 6.54 Å². The molecular weight excluding hydrogens is 283 g/mol. The van der Waals surface area contributed by atoms with Gasteiger partial charge in [-0.05, 0) is 29.8 Å². The molecule has 1 heterocycles. The van der Waals surface area contributed by atoms with Gasteiger partial charge in [0.25, 0.3) is 0 Å². The van der Waals surface area contributed by atoms with Gasteiger partial charge in [0.1, 0.15) is 5.52 Å². The van der Waals surface area contributed by atoms with Crippen molar-refractivity contribution < 1.29 is 4.42 Å². The molecule has 0 fully saturated rings. The number of hydrogen-bond acceptors (Lipinski definition) is 3. The van der Waals surface area contributed by atoms with Crippen LogP contribution < -0.4 is 5.73 Å². The SMILES string of the molecule is NCc1cccc(-c2nc3cc(Cl)cc(Cl)c3o2)c1. The predicted octanol–water partition coefficient (Wildman–Crippen LogP) is 4.26. The van der Waals surface area contributed by atoms with E-state index in [2.05, 4.69) is 4.98 Å². The molecule has 0 radical (unpaired) electrons. The molecule has 0 bridgehead atoms. The Morgan fingerprint density at radius 1 is 1.16 bits per heavy atom. The van der Waals surface area contributed by atoms with E-state index in [4.69, 9.17) is 33.4 Å². The monoisotopic (exact) mass is 292 g/mol. The van der Waals surface area contributed by atoms with Crippen molar-refractivity contribution in [1.82, 2.24) is 4.98 Å². The number of nitrogens with zero attached hydrogens (tertiary/aromatic N) is 1. The molecule has 1 aromatic heterocycles. The fourth-order valence-electron chi connectivity index (χ4n) is 1.91. The van der Waals surface area contributed by atoms with Crippen molar-refractivity contribution in [3.05, 3.63) is 52.0 Å². The van der Waals surface area contributed by atoms with Crippen LogP contribution in [-0.4, -0.2) is 4.98 Å². The summed E-state index contributed by atoms with van der Waals surface area (Å²) in [4.78, 5) is 4.40. The Labute approximate surface area is 119 Å². The van der Waals surface area contributed by atoms with Crippen molar-refractivity contribution >= 4 is 34.3 Å². The maximum absolute atomic E-state index is 6.08. The minimum atomic E-state index is 0.455. The summed E-state index contributed by atoms with van der Waals surface area (Å²) in [5, 5.41) is 0.990. The van der Waals surface area contributed by atoms with Gasteiger partial charge in [0.15, 0.2) is 5.58 Å². The first-order valence-electron chi connectivity index (χ1n) is 5.72. The Balaban J connectivity index is 2.17. The highest BCUT2D eigenvalue weighted by Gasteiger charge is 2.12. The lowest BCUT2D eigenvalue weighted by atomic mass is 10.1. The van der Waals surface area contributed by atoms with Crippen molar-refractivity contribution in [2.75, 3.05) is 0 Å². The van der Waals surface area contributed by atoms with Crippen molar-refractivity contribution in [3.63, 3.8) is 0 Å². The van der Waals surface area contributed by atoms with Crippen LogP contribution in [0.4, 0.5) is 0 Å². The first-order valence-corrected chi connectivity index (χ1v) is 6.48. The fourth-order valence-corrected chi connectivity index (χ4v) is 2.44. The molecule has 2 N–H and O–H groups in total. The molecule has 0 aliphatic heterocycles. The molecule has 96 valence electrons. The van der Waals surface area contributed by atoms with Crippen molar-refractivity contribution in [3.8, 4) is 11.5 Å². The van der Waals surface area contributed by atoms with Gasteiger partial charge in [0, 0.05) is 17.1 Å². The minimum absolute atomic E-state index is 0.455. The lowest BCUT2D eigenvalue weighted by Crippen LogP contribution is -1.95. The van der Waals surface area contributed by atoms with Crippen LogP contribution in [0.1, 0.15) is 5.56 Å². The molecule has 0 unspecified atom stereocenters. The Kier molecular flexibility index (Phi) is 3.19. The quantitative estimate of drug-likeness (QED) is 0.768. The summed E-state index contributed by atoms with van der Waals surface area (Å²) in [5.41, 5.74) is 8.70. The Hall–Kier alpha value is -1.55. The maximum Gasteiger partial charge on any atom is 0.227 e. The Morgan fingerprint density at radius 2 is 2.00 bits per heavy atom. The normalized spacial score (nSPS) is 11.1. The lowest BCUT2D eigenvalue weighted by Gasteiger charge is -1.98. The zero-order valence-corrected chi connectivity index (χ0v) is 11.4. The summed E-state index contributed by atoms with van der Waals surface area (Å²) in [5.74, 6) is 0.509. The van der Waals surface area contributed by atoms with E-state index in [-0.39, 0.29) is 0 Å². The van der Waals surface area contributed by atoms with Gasteiger partial charge < -0.3 is 10.2 Å². The second-order valence-corrected chi connectivity index (χ2v) is 5.00. The molecule has 5 heteroatoms. The highest BCUT2D eigenvalue weighted by atomic mass is 35.5. The smallest absolute Gasteiger partial charge is 0.227 e.